The largest absolute Gasteiger partial charge is 0.487 e. The Labute approximate surface area is 100 Å². The molecule has 0 N–H and O–H groups in total. The molecule has 0 unspecified atom stereocenters. The van der Waals surface area contributed by atoms with Crippen LogP contribution in [-0.4, -0.2) is 17.3 Å². The van der Waals surface area contributed by atoms with E-state index in [2.05, 4.69) is 12.6 Å². The van der Waals surface area contributed by atoms with E-state index < -0.39 is 4.92 Å². The summed E-state index contributed by atoms with van der Waals surface area (Å²) in [5.74, 6) is 1.08. The van der Waals surface area contributed by atoms with E-state index >= 15 is 0 Å². The fraction of sp³-hybridized carbons (Fsp3) is 0.455. The van der Waals surface area contributed by atoms with E-state index in [0.717, 1.165) is 17.5 Å². The molecule has 0 heterocycles. The first kappa shape index (κ1) is 12.8. The molecule has 1 aromatic carbocycles. The molecule has 0 saturated carbocycles. The van der Waals surface area contributed by atoms with Crippen LogP contribution in [0, 0.1) is 24.0 Å². The summed E-state index contributed by atoms with van der Waals surface area (Å²) < 4.78 is 5.43. The monoisotopic (exact) mass is 241 g/mol. The number of thiol groups is 1. The number of benzene rings is 1. The van der Waals surface area contributed by atoms with E-state index in [-0.39, 0.29) is 5.69 Å². The average Bonchev–Trinajstić information content (AvgIpc) is 2.20. The predicted molar refractivity (Wildman–Crippen MR) is 66.5 cm³/mol. The van der Waals surface area contributed by atoms with Crippen LogP contribution in [-0.2, 0) is 0 Å². The third-order valence-electron chi connectivity index (χ3n) is 2.14. The number of aryl methyl sites for hydroxylation is 2. The standard InChI is InChI=1S/C11H15NO3S/c1-8-6-9(2)11(15-4-3-5-16)10(7-8)12(13)14/h6-7,16H,3-5H2,1-2H3. The third-order valence-corrected chi connectivity index (χ3v) is 2.46. The van der Waals surface area contributed by atoms with Crippen molar-refractivity contribution in [3.05, 3.63) is 33.4 Å². The molecule has 0 amide bonds. The zero-order chi connectivity index (χ0) is 12.1. The van der Waals surface area contributed by atoms with E-state index in [4.69, 9.17) is 4.74 Å². The molecule has 0 saturated heterocycles. The molecule has 16 heavy (non-hydrogen) atoms. The number of hydrogen-bond acceptors (Lipinski definition) is 4. The van der Waals surface area contributed by atoms with Gasteiger partial charge in [-0.1, -0.05) is 6.07 Å². The highest BCUT2D eigenvalue weighted by Crippen LogP contribution is 2.32. The van der Waals surface area contributed by atoms with Gasteiger partial charge in [0.2, 0.25) is 0 Å². The molecule has 0 aliphatic heterocycles. The Hall–Kier alpha value is -1.23. The van der Waals surface area contributed by atoms with Crippen LogP contribution in [0.5, 0.6) is 5.75 Å². The Balaban J connectivity index is 2.99. The molecule has 0 aromatic heterocycles. The lowest BCUT2D eigenvalue weighted by Gasteiger charge is -2.09. The van der Waals surface area contributed by atoms with Crippen LogP contribution in [0.3, 0.4) is 0 Å². The van der Waals surface area contributed by atoms with Gasteiger partial charge in [-0.3, -0.25) is 10.1 Å². The fourth-order valence-corrected chi connectivity index (χ4v) is 1.62. The second-order valence-electron chi connectivity index (χ2n) is 3.61. The molecule has 0 bridgehead atoms. The van der Waals surface area contributed by atoms with Crippen LogP contribution >= 0.6 is 12.6 Å². The van der Waals surface area contributed by atoms with Gasteiger partial charge < -0.3 is 4.74 Å². The Morgan fingerprint density at radius 1 is 1.44 bits per heavy atom. The van der Waals surface area contributed by atoms with Crippen LogP contribution in [0.2, 0.25) is 0 Å². The van der Waals surface area contributed by atoms with E-state index in [1.807, 2.05) is 19.9 Å². The van der Waals surface area contributed by atoms with Gasteiger partial charge in [-0.25, -0.2) is 0 Å². The molecule has 4 nitrogen and oxygen atoms in total. The highest BCUT2D eigenvalue weighted by atomic mass is 32.1. The maximum Gasteiger partial charge on any atom is 0.311 e. The van der Waals surface area contributed by atoms with Crippen molar-refractivity contribution in [3.8, 4) is 5.75 Å². The van der Waals surface area contributed by atoms with Gasteiger partial charge in [-0.15, -0.1) is 0 Å². The first-order valence-corrected chi connectivity index (χ1v) is 5.68. The lowest BCUT2D eigenvalue weighted by molar-refractivity contribution is -0.386. The van der Waals surface area contributed by atoms with Gasteiger partial charge >= 0.3 is 5.69 Å². The molecular formula is C11H15NO3S. The maximum atomic E-state index is 10.9. The minimum atomic E-state index is -0.407. The van der Waals surface area contributed by atoms with E-state index in [9.17, 15) is 10.1 Å². The SMILES string of the molecule is Cc1cc(C)c(OCCCS)c([N+](=O)[O-])c1. The second kappa shape index (κ2) is 5.75. The van der Waals surface area contributed by atoms with Gasteiger partial charge in [0.1, 0.15) is 0 Å². The van der Waals surface area contributed by atoms with Crippen molar-refractivity contribution in [2.75, 3.05) is 12.4 Å². The molecule has 0 aliphatic rings. The summed E-state index contributed by atoms with van der Waals surface area (Å²) in [7, 11) is 0. The summed E-state index contributed by atoms with van der Waals surface area (Å²) in [6.45, 7) is 4.10. The fourth-order valence-electron chi connectivity index (χ4n) is 1.49. The van der Waals surface area contributed by atoms with Gasteiger partial charge in [0.25, 0.3) is 0 Å². The Bertz CT molecular complexity index is 393. The van der Waals surface area contributed by atoms with Gasteiger partial charge in [-0.2, -0.15) is 12.6 Å². The molecule has 5 heteroatoms. The lowest BCUT2D eigenvalue weighted by atomic mass is 10.1. The van der Waals surface area contributed by atoms with Crippen molar-refractivity contribution < 1.29 is 9.66 Å². The van der Waals surface area contributed by atoms with Crippen LogP contribution in [0.15, 0.2) is 12.1 Å². The first-order chi connectivity index (χ1) is 7.56. The molecule has 1 rings (SSSR count). The number of nitrogens with zero attached hydrogens (tertiary/aromatic N) is 1. The lowest BCUT2D eigenvalue weighted by Crippen LogP contribution is -2.03. The predicted octanol–water partition coefficient (Wildman–Crippen LogP) is 2.91. The smallest absolute Gasteiger partial charge is 0.311 e. The van der Waals surface area contributed by atoms with E-state index in [1.54, 1.807) is 0 Å². The molecular weight excluding hydrogens is 226 g/mol. The van der Waals surface area contributed by atoms with Crippen LogP contribution < -0.4 is 4.74 Å². The highest BCUT2D eigenvalue weighted by Gasteiger charge is 2.18. The number of nitro benzene ring substituents is 1. The van der Waals surface area contributed by atoms with Crippen molar-refractivity contribution in [1.29, 1.82) is 0 Å². The molecule has 1 aromatic rings. The minimum absolute atomic E-state index is 0.0386. The van der Waals surface area contributed by atoms with Crippen molar-refractivity contribution >= 4 is 18.3 Å². The zero-order valence-electron chi connectivity index (χ0n) is 9.40. The van der Waals surface area contributed by atoms with Crippen molar-refractivity contribution in [2.24, 2.45) is 0 Å². The third kappa shape index (κ3) is 3.13. The minimum Gasteiger partial charge on any atom is -0.487 e. The Kier molecular flexibility index (Phi) is 4.61. The summed E-state index contributed by atoms with van der Waals surface area (Å²) in [5, 5.41) is 10.9. The average molecular weight is 241 g/mol. The van der Waals surface area contributed by atoms with Crippen molar-refractivity contribution in [1.82, 2.24) is 0 Å². The summed E-state index contributed by atoms with van der Waals surface area (Å²) in [6.07, 6.45) is 0.771. The van der Waals surface area contributed by atoms with E-state index in [0.29, 0.717) is 18.1 Å². The van der Waals surface area contributed by atoms with Crippen LogP contribution in [0.1, 0.15) is 17.5 Å². The Morgan fingerprint density at radius 3 is 2.69 bits per heavy atom. The molecule has 0 aliphatic carbocycles. The number of ether oxygens (including phenoxy) is 1. The summed E-state index contributed by atoms with van der Waals surface area (Å²) in [6, 6.07) is 3.41. The maximum absolute atomic E-state index is 10.9. The summed E-state index contributed by atoms with van der Waals surface area (Å²) >= 11 is 4.06. The second-order valence-corrected chi connectivity index (χ2v) is 4.06. The molecule has 0 atom stereocenters. The van der Waals surface area contributed by atoms with Gasteiger partial charge in [0.15, 0.2) is 5.75 Å². The van der Waals surface area contributed by atoms with Crippen molar-refractivity contribution in [3.63, 3.8) is 0 Å². The molecule has 0 radical (unpaired) electrons. The number of nitro groups is 1. The topological polar surface area (TPSA) is 52.4 Å². The quantitative estimate of drug-likeness (QED) is 0.373. The van der Waals surface area contributed by atoms with Gasteiger partial charge in [-0.05, 0) is 37.1 Å². The molecule has 0 fully saturated rings. The zero-order valence-corrected chi connectivity index (χ0v) is 10.3. The Morgan fingerprint density at radius 2 is 2.12 bits per heavy atom. The first-order valence-electron chi connectivity index (χ1n) is 5.05. The summed E-state index contributed by atoms with van der Waals surface area (Å²) in [5.41, 5.74) is 1.70. The van der Waals surface area contributed by atoms with Gasteiger partial charge in [0, 0.05) is 6.07 Å². The van der Waals surface area contributed by atoms with Gasteiger partial charge in [0.05, 0.1) is 11.5 Å². The molecule has 0 spiro atoms. The normalized spacial score (nSPS) is 10.2. The van der Waals surface area contributed by atoms with Crippen molar-refractivity contribution in [2.45, 2.75) is 20.3 Å². The highest BCUT2D eigenvalue weighted by molar-refractivity contribution is 7.80. The van der Waals surface area contributed by atoms with Crippen LogP contribution in [0.25, 0.3) is 0 Å². The summed E-state index contributed by atoms with van der Waals surface area (Å²) in [4.78, 5) is 10.5. The molecule has 88 valence electrons. The number of rotatable bonds is 5. The van der Waals surface area contributed by atoms with E-state index in [1.165, 1.54) is 6.07 Å². The number of hydrogen-bond donors (Lipinski definition) is 1. The van der Waals surface area contributed by atoms with Crippen LogP contribution in [0.4, 0.5) is 5.69 Å².